The average molecular weight is 516 g/mol. The SMILES string of the molecule is COc1cccc(CNCCOc2cc(-c3ccc4sc(C(=O)O)c(C)c4c3)cc(C(F)(F)F)c2)c1. The van der Waals surface area contributed by atoms with E-state index in [0.29, 0.717) is 35.2 Å². The maximum atomic E-state index is 13.6. The summed E-state index contributed by atoms with van der Waals surface area (Å²) in [6.07, 6.45) is -4.54. The van der Waals surface area contributed by atoms with E-state index in [2.05, 4.69) is 5.32 Å². The summed E-state index contributed by atoms with van der Waals surface area (Å²) in [5, 5.41) is 13.3. The first-order valence-electron chi connectivity index (χ1n) is 11.1. The molecule has 0 aliphatic heterocycles. The van der Waals surface area contributed by atoms with Crippen molar-refractivity contribution in [3.63, 3.8) is 0 Å². The number of aryl methyl sites for hydroxylation is 1. The van der Waals surface area contributed by atoms with Crippen molar-refractivity contribution in [1.82, 2.24) is 5.32 Å². The number of hydrogen-bond donors (Lipinski definition) is 2. The van der Waals surface area contributed by atoms with E-state index in [1.165, 1.54) is 0 Å². The number of nitrogens with one attached hydrogen (secondary N) is 1. The molecular formula is C27H24F3NO4S. The minimum Gasteiger partial charge on any atom is -0.497 e. The highest BCUT2D eigenvalue weighted by Gasteiger charge is 2.31. The van der Waals surface area contributed by atoms with Crippen molar-refractivity contribution in [2.45, 2.75) is 19.6 Å². The van der Waals surface area contributed by atoms with Gasteiger partial charge in [-0.1, -0.05) is 18.2 Å². The zero-order valence-corrected chi connectivity index (χ0v) is 20.4. The van der Waals surface area contributed by atoms with Gasteiger partial charge in [0.05, 0.1) is 12.7 Å². The fourth-order valence-electron chi connectivity index (χ4n) is 3.87. The molecule has 4 rings (SSSR count). The molecule has 1 heterocycles. The molecule has 0 aliphatic carbocycles. The van der Waals surface area contributed by atoms with Crippen LogP contribution in [0.3, 0.4) is 0 Å². The molecule has 0 spiro atoms. The summed E-state index contributed by atoms with van der Waals surface area (Å²) in [5.74, 6) is -0.168. The van der Waals surface area contributed by atoms with Gasteiger partial charge in [0, 0.05) is 17.8 Å². The third kappa shape index (κ3) is 5.80. The van der Waals surface area contributed by atoms with Crippen molar-refractivity contribution < 1.29 is 32.5 Å². The highest BCUT2D eigenvalue weighted by Crippen LogP contribution is 2.38. The second-order valence-electron chi connectivity index (χ2n) is 8.19. The summed E-state index contributed by atoms with van der Waals surface area (Å²) >= 11 is 1.14. The van der Waals surface area contributed by atoms with Crippen LogP contribution in [-0.4, -0.2) is 31.3 Å². The number of ether oxygens (including phenoxy) is 2. The predicted octanol–water partition coefficient (Wildman–Crippen LogP) is 6.77. The summed E-state index contributed by atoms with van der Waals surface area (Å²) < 4.78 is 52.5. The number of aromatic carboxylic acids is 1. The summed E-state index contributed by atoms with van der Waals surface area (Å²) in [5.41, 5.74) is 1.68. The zero-order valence-electron chi connectivity index (χ0n) is 19.6. The molecule has 5 nitrogen and oxygen atoms in total. The number of thiophene rings is 1. The standard InChI is InChI=1S/C27H24F3NO4S/c1-16-23-13-18(6-7-24(23)36-25(16)26(32)33)19-11-20(27(28,29)30)14-22(12-19)35-9-8-31-15-17-4-3-5-21(10-17)34-2/h3-7,10-14,31H,8-9,15H2,1-2H3,(H,32,33). The maximum Gasteiger partial charge on any atom is 0.416 e. The van der Waals surface area contributed by atoms with Gasteiger partial charge in [-0.3, -0.25) is 0 Å². The monoisotopic (exact) mass is 515 g/mol. The zero-order chi connectivity index (χ0) is 25.9. The summed E-state index contributed by atoms with van der Waals surface area (Å²) in [4.78, 5) is 11.7. The molecule has 4 aromatic rings. The lowest BCUT2D eigenvalue weighted by molar-refractivity contribution is -0.137. The third-order valence-electron chi connectivity index (χ3n) is 5.71. The first kappa shape index (κ1) is 25.5. The van der Waals surface area contributed by atoms with Crippen LogP contribution >= 0.6 is 11.3 Å². The number of benzene rings is 3. The molecule has 36 heavy (non-hydrogen) atoms. The predicted molar refractivity (Wildman–Crippen MR) is 134 cm³/mol. The lowest BCUT2D eigenvalue weighted by Crippen LogP contribution is -2.20. The minimum atomic E-state index is -4.54. The largest absolute Gasteiger partial charge is 0.497 e. The molecular weight excluding hydrogens is 491 g/mol. The van der Waals surface area contributed by atoms with Gasteiger partial charge in [-0.2, -0.15) is 13.2 Å². The van der Waals surface area contributed by atoms with Gasteiger partial charge in [-0.25, -0.2) is 4.79 Å². The van der Waals surface area contributed by atoms with E-state index in [-0.39, 0.29) is 17.2 Å². The Hall–Kier alpha value is -3.56. The lowest BCUT2D eigenvalue weighted by Gasteiger charge is -2.14. The van der Waals surface area contributed by atoms with E-state index in [1.807, 2.05) is 24.3 Å². The van der Waals surface area contributed by atoms with E-state index in [9.17, 15) is 23.1 Å². The van der Waals surface area contributed by atoms with Crippen molar-refractivity contribution in [3.05, 3.63) is 82.2 Å². The van der Waals surface area contributed by atoms with Crippen molar-refractivity contribution in [1.29, 1.82) is 0 Å². The van der Waals surface area contributed by atoms with Gasteiger partial charge in [0.25, 0.3) is 0 Å². The smallest absolute Gasteiger partial charge is 0.416 e. The number of carboxylic acids is 1. The van der Waals surface area contributed by atoms with Crippen LogP contribution in [0.1, 0.15) is 26.4 Å². The Bertz CT molecular complexity index is 1400. The molecule has 0 atom stereocenters. The van der Waals surface area contributed by atoms with Crippen LogP contribution in [0, 0.1) is 6.92 Å². The molecule has 0 saturated heterocycles. The first-order chi connectivity index (χ1) is 17.2. The van der Waals surface area contributed by atoms with Crippen LogP contribution < -0.4 is 14.8 Å². The summed E-state index contributed by atoms with van der Waals surface area (Å²) in [6.45, 7) is 2.87. The van der Waals surface area contributed by atoms with Crippen LogP contribution in [0.2, 0.25) is 0 Å². The topological polar surface area (TPSA) is 67.8 Å². The van der Waals surface area contributed by atoms with Crippen LogP contribution in [-0.2, 0) is 12.7 Å². The summed E-state index contributed by atoms with van der Waals surface area (Å²) in [7, 11) is 1.59. The van der Waals surface area contributed by atoms with E-state index >= 15 is 0 Å². The molecule has 2 N–H and O–H groups in total. The average Bonchev–Trinajstić information content (AvgIpc) is 3.19. The fourth-order valence-corrected chi connectivity index (χ4v) is 4.90. The third-order valence-corrected chi connectivity index (χ3v) is 6.97. The Balaban J connectivity index is 1.52. The van der Waals surface area contributed by atoms with Crippen molar-refractivity contribution in [2.75, 3.05) is 20.3 Å². The van der Waals surface area contributed by atoms with Crippen molar-refractivity contribution in [2.24, 2.45) is 0 Å². The van der Waals surface area contributed by atoms with Gasteiger partial charge in [0.1, 0.15) is 23.0 Å². The molecule has 0 unspecified atom stereocenters. The van der Waals surface area contributed by atoms with Crippen LogP contribution in [0.25, 0.3) is 21.2 Å². The number of carboxylic acid groups (broad SMARTS) is 1. The van der Waals surface area contributed by atoms with Gasteiger partial charge in [0.2, 0.25) is 0 Å². The second kappa shape index (κ2) is 10.6. The van der Waals surface area contributed by atoms with Crippen LogP contribution in [0.4, 0.5) is 13.2 Å². The second-order valence-corrected chi connectivity index (χ2v) is 9.25. The number of methoxy groups -OCH3 is 1. The molecule has 9 heteroatoms. The molecule has 0 fully saturated rings. The molecule has 0 aliphatic rings. The number of carbonyl (C=O) groups is 1. The Morgan fingerprint density at radius 3 is 2.56 bits per heavy atom. The molecule has 188 valence electrons. The normalized spacial score (nSPS) is 11.6. The van der Waals surface area contributed by atoms with Crippen molar-refractivity contribution in [3.8, 4) is 22.6 Å². The molecule has 3 aromatic carbocycles. The van der Waals surface area contributed by atoms with Gasteiger partial charge < -0.3 is 19.9 Å². The Morgan fingerprint density at radius 1 is 1.03 bits per heavy atom. The highest BCUT2D eigenvalue weighted by molar-refractivity contribution is 7.21. The highest BCUT2D eigenvalue weighted by atomic mass is 32.1. The van der Waals surface area contributed by atoms with E-state index in [4.69, 9.17) is 9.47 Å². The maximum absolute atomic E-state index is 13.6. The van der Waals surface area contributed by atoms with Crippen molar-refractivity contribution >= 4 is 27.4 Å². The fraction of sp³-hybridized carbons (Fsp3) is 0.222. The number of halogens is 3. The molecule has 0 saturated carbocycles. The van der Waals surface area contributed by atoms with E-state index in [1.54, 1.807) is 38.3 Å². The Kier molecular flexibility index (Phi) is 7.51. The van der Waals surface area contributed by atoms with E-state index < -0.39 is 17.7 Å². The lowest BCUT2D eigenvalue weighted by atomic mass is 10.00. The van der Waals surface area contributed by atoms with Crippen LogP contribution in [0.15, 0.2) is 60.7 Å². The van der Waals surface area contributed by atoms with Gasteiger partial charge >= 0.3 is 12.1 Å². The molecule has 0 radical (unpaired) electrons. The minimum absolute atomic E-state index is 0.108. The number of alkyl halides is 3. The number of rotatable bonds is 9. The van der Waals surface area contributed by atoms with E-state index in [0.717, 1.165) is 39.5 Å². The van der Waals surface area contributed by atoms with Crippen LogP contribution in [0.5, 0.6) is 11.5 Å². The molecule has 0 bridgehead atoms. The first-order valence-corrected chi connectivity index (χ1v) is 11.9. The quantitative estimate of drug-likeness (QED) is 0.241. The van der Waals surface area contributed by atoms with Gasteiger partial charge in [-0.15, -0.1) is 11.3 Å². The molecule has 1 aromatic heterocycles. The Morgan fingerprint density at radius 2 is 1.83 bits per heavy atom. The number of fused-ring (bicyclic) bond motifs is 1. The van der Waals surface area contributed by atoms with Gasteiger partial charge in [0.15, 0.2) is 0 Å². The number of hydrogen-bond acceptors (Lipinski definition) is 5. The summed E-state index contributed by atoms with van der Waals surface area (Å²) in [6, 6.07) is 16.4. The Labute approximate surface area is 210 Å². The van der Waals surface area contributed by atoms with Gasteiger partial charge in [-0.05, 0) is 77.0 Å². The molecule has 0 amide bonds.